The molecule has 5 nitrogen and oxygen atoms in total. The zero-order valence-corrected chi connectivity index (χ0v) is 12.2. The van der Waals surface area contributed by atoms with Crippen LogP contribution in [0.5, 0.6) is 5.88 Å². The van der Waals surface area contributed by atoms with Gasteiger partial charge >= 0.3 is 0 Å². The number of aliphatic hydroxyl groups is 1. The van der Waals surface area contributed by atoms with Crippen LogP contribution in [0.3, 0.4) is 0 Å². The van der Waals surface area contributed by atoms with Crippen molar-refractivity contribution >= 4 is 0 Å². The van der Waals surface area contributed by atoms with Crippen LogP contribution in [0.2, 0.25) is 0 Å². The van der Waals surface area contributed by atoms with Gasteiger partial charge in [-0.15, -0.1) is 0 Å². The lowest BCUT2D eigenvalue weighted by molar-refractivity contribution is 0.0474. The fraction of sp³-hybridized carbons (Fsp3) is 0.786. The fourth-order valence-corrected chi connectivity index (χ4v) is 2.95. The number of hydrogen-bond donors (Lipinski definition) is 2. The summed E-state index contributed by atoms with van der Waals surface area (Å²) >= 11 is 0. The average molecular weight is 267 g/mol. The monoisotopic (exact) mass is 267 g/mol. The van der Waals surface area contributed by atoms with E-state index in [1.165, 1.54) is 0 Å². The molecular formula is C14H25N3O2. The van der Waals surface area contributed by atoms with E-state index in [0.717, 1.165) is 49.2 Å². The van der Waals surface area contributed by atoms with E-state index < -0.39 is 5.60 Å². The summed E-state index contributed by atoms with van der Waals surface area (Å²) in [7, 11) is 3.57. The van der Waals surface area contributed by atoms with Crippen LogP contribution < -0.4 is 10.1 Å². The molecule has 1 aromatic rings. The van der Waals surface area contributed by atoms with Crippen LogP contribution in [-0.4, -0.2) is 34.1 Å². The first-order valence-corrected chi connectivity index (χ1v) is 7.11. The van der Waals surface area contributed by atoms with E-state index in [0.29, 0.717) is 13.1 Å². The summed E-state index contributed by atoms with van der Waals surface area (Å²) in [5, 5.41) is 18.1. The quantitative estimate of drug-likeness (QED) is 0.817. The smallest absolute Gasteiger partial charge is 0.216 e. The Labute approximate surface area is 115 Å². The van der Waals surface area contributed by atoms with Crippen molar-refractivity contribution < 1.29 is 9.84 Å². The predicted molar refractivity (Wildman–Crippen MR) is 74.3 cm³/mol. The first-order chi connectivity index (χ1) is 9.09. The first-order valence-electron chi connectivity index (χ1n) is 7.11. The molecule has 0 spiro atoms. The summed E-state index contributed by atoms with van der Waals surface area (Å²) in [5.41, 5.74) is 1.65. The Kier molecular flexibility index (Phi) is 4.47. The van der Waals surface area contributed by atoms with E-state index in [1.807, 2.05) is 7.05 Å². The fourth-order valence-electron chi connectivity index (χ4n) is 2.95. The second-order valence-electron chi connectivity index (χ2n) is 5.45. The molecule has 0 aromatic carbocycles. The van der Waals surface area contributed by atoms with Gasteiger partial charge in [0.25, 0.3) is 0 Å². The third-order valence-corrected chi connectivity index (χ3v) is 3.99. The van der Waals surface area contributed by atoms with Crippen molar-refractivity contribution in [2.45, 2.75) is 51.2 Å². The van der Waals surface area contributed by atoms with E-state index in [1.54, 1.807) is 11.8 Å². The van der Waals surface area contributed by atoms with Crippen LogP contribution >= 0.6 is 0 Å². The first kappa shape index (κ1) is 14.3. The third kappa shape index (κ3) is 3.09. The van der Waals surface area contributed by atoms with Gasteiger partial charge in [-0.1, -0.05) is 19.8 Å². The van der Waals surface area contributed by atoms with Crippen molar-refractivity contribution in [1.29, 1.82) is 0 Å². The van der Waals surface area contributed by atoms with E-state index in [2.05, 4.69) is 17.3 Å². The van der Waals surface area contributed by atoms with Crippen LogP contribution in [-0.2, 0) is 20.0 Å². The van der Waals surface area contributed by atoms with E-state index in [4.69, 9.17) is 4.74 Å². The van der Waals surface area contributed by atoms with Crippen molar-refractivity contribution in [3.05, 3.63) is 11.3 Å². The van der Waals surface area contributed by atoms with Crippen molar-refractivity contribution in [3.8, 4) is 5.88 Å². The predicted octanol–water partition coefficient (Wildman–Crippen LogP) is 1.39. The Morgan fingerprint density at radius 1 is 1.42 bits per heavy atom. The number of hydrogen-bond acceptors (Lipinski definition) is 4. The number of aromatic nitrogens is 2. The summed E-state index contributed by atoms with van der Waals surface area (Å²) in [6, 6.07) is 0. The zero-order chi connectivity index (χ0) is 13.9. The maximum Gasteiger partial charge on any atom is 0.216 e. The van der Waals surface area contributed by atoms with Gasteiger partial charge in [-0.3, -0.25) is 0 Å². The number of aryl methyl sites for hydroxylation is 2. The number of methoxy groups -OCH3 is 1. The molecule has 0 radical (unpaired) electrons. The lowest BCUT2D eigenvalue weighted by atomic mass is 10.0. The highest BCUT2D eigenvalue weighted by Gasteiger charge is 2.30. The minimum Gasteiger partial charge on any atom is -0.481 e. The molecule has 1 aromatic heterocycles. The molecule has 5 heteroatoms. The van der Waals surface area contributed by atoms with Gasteiger partial charge in [0.15, 0.2) is 0 Å². The maximum absolute atomic E-state index is 10.3. The summed E-state index contributed by atoms with van der Waals surface area (Å²) in [6.45, 7) is 3.44. The second kappa shape index (κ2) is 5.92. The molecule has 0 saturated heterocycles. The molecule has 1 aliphatic rings. The highest BCUT2D eigenvalue weighted by molar-refractivity contribution is 5.31. The van der Waals surface area contributed by atoms with Gasteiger partial charge < -0.3 is 15.2 Å². The molecule has 1 saturated carbocycles. The molecule has 1 fully saturated rings. The lowest BCUT2D eigenvalue weighted by Gasteiger charge is -2.22. The largest absolute Gasteiger partial charge is 0.481 e. The van der Waals surface area contributed by atoms with Crippen molar-refractivity contribution in [2.75, 3.05) is 13.7 Å². The van der Waals surface area contributed by atoms with Gasteiger partial charge in [0.05, 0.1) is 24.0 Å². The van der Waals surface area contributed by atoms with Gasteiger partial charge in [0, 0.05) is 20.1 Å². The van der Waals surface area contributed by atoms with Crippen LogP contribution in [0.4, 0.5) is 0 Å². The van der Waals surface area contributed by atoms with Crippen molar-refractivity contribution in [2.24, 2.45) is 7.05 Å². The van der Waals surface area contributed by atoms with E-state index in [9.17, 15) is 5.11 Å². The van der Waals surface area contributed by atoms with Gasteiger partial charge in [0.2, 0.25) is 5.88 Å². The normalized spacial score (nSPS) is 17.9. The highest BCUT2D eigenvalue weighted by Crippen LogP contribution is 2.29. The number of nitrogens with zero attached hydrogens (tertiary/aromatic N) is 2. The third-order valence-electron chi connectivity index (χ3n) is 3.99. The van der Waals surface area contributed by atoms with Gasteiger partial charge in [-0.05, 0) is 19.3 Å². The number of rotatable bonds is 6. The molecule has 0 unspecified atom stereocenters. The molecule has 19 heavy (non-hydrogen) atoms. The van der Waals surface area contributed by atoms with Crippen molar-refractivity contribution in [3.63, 3.8) is 0 Å². The van der Waals surface area contributed by atoms with Gasteiger partial charge in [0.1, 0.15) is 0 Å². The molecular weight excluding hydrogens is 242 g/mol. The molecule has 0 atom stereocenters. The van der Waals surface area contributed by atoms with Crippen molar-refractivity contribution in [1.82, 2.24) is 15.1 Å². The molecule has 2 rings (SSSR count). The maximum atomic E-state index is 10.3. The van der Waals surface area contributed by atoms with Gasteiger partial charge in [-0.2, -0.15) is 5.10 Å². The lowest BCUT2D eigenvalue weighted by Crippen LogP contribution is -2.37. The van der Waals surface area contributed by atoms with Gasteiger partial charge in [-0.25, -0.2) is 4.68 Å². The Bertz CT molecular complexity index is 423. The minimum atomic E-state index is -0.512. The molecule has 0 amide bonds. The Balaban J connectivity index is 1.98. The summed E-state index contributed by atoms with van der Waals surface area (Å²) < 4.78 is 7.18. The standard InChI is InChI=1S/C14H25N3O2/c1-4-12-11(13(19-3)17(2)16-12)9-15-10-14(18)7-5-6-8-14/h15,18H,4-10H2,1-3H3. The van der Waals surface area contributed by atoms with Crippen LogP contribution in [0, 0.1) is 0 Å². The Hall–Kier alpha value is -1.07. The van der Waals surface area contributed by atoms with Crippen LogP contribution in [0.15, 0.2) is 0 Å². The molecule has 108 valence electrons. The Morgan fingerprint density at radius 2 is 2.11 bits per heavy atom. The summed E-state index contributed by atoms with van der Waals surface area (Å²) in [5.74, 6) is 0.808. The van der Waals surface area contributed by atoms with E-state index >= 15 is 0 Å². The van der Waals surface area contributed by atoms with E-state index in [-0.39, 0.29) is 0 Å². The van der Waals surface area contributed by atoms with Crippen LogP contribution in [0.25, 0.3) is 0 Å². The summed E-state index contributed by atoms with van der Waals surface area (Å²) in [6.07, 6.45) is 4.97. The highest BCUT2D eigenvalue weighted by atomic mass is 16.5. The molecule has 1 heterocycles. The zero-order valence-electron chi connectivity index (χ0n) is 12.2. The molecule has 1 aliphatic carbocycles. The summed E-state index contributed by atoms with van der Waals surface area (Å²) in [4.78, 5) is 0. The number of nitrogens with one attached hydrogen (secondary N) is 1. The second-order valence-corrected chi connectivity index (χ2v) is 5.45. The SMILES string of the molecule is CCc1nn(C)c(OC)c1CNCC1(O)CCCC1. The Morgan fingerprint density at radius 3 is 2.68 bits per heavy atom. The molecule has 0 bridgehead atoms. The average Bonchev–Trinajstić information content (AvgIpc) is 2.94. The van der Waals surface area contributed by atoms with Crippen LogP contribution in [0.1, 0.15) is 43.9 Å². The molecule has 0 aliphatic heterocycles. The molecule has 2 N–H and O–H groups in total. The minimum absolute atomic E-state index is 0.512. The topological polar surface area (TPSA) is 59.3 Å². The number of ether oxygens (including phenoxy) is 1.